The molecule has 0 aliphatic carbocycles. The topological polar surface area (TPSA) is 81.7 Å². The number of ketones is 1. The van der Waals surface area contributed by atoms with E-state index in [1.54, 1.807) is 27.7 Å². The summed E-state index contributed by atoms with van der Waals surface area (Å²) in [6, 6.07) is -0.788. The molecule has 6 heteroatoms. The molecule has 0 heterocycles. The highest BCUT2D eigenvalue weighted by molar-refractivity contribution is 5.99. The maximum Gasteiger partial charge on any atom is 0.408 e. The van der Waals surface area contributed by atoms with Gasteiger partial charge in [-0.1, -0.05) is 0 Å². The molecule has 0 rings (SSSR count). The summed E-state index contributed by atoms with van der Waals surface area (Å²) in [5.74, 6) is -1.01. The highest BCUT2D eigenvalue weighted by atomic mass is 16.6. The molecule has 6 nitrogen and oxygen atoms in total. The fraction of sp³-hybridized carbons (Fsp3) is 0.750. The third-order valence-electron chi connectivity index (χ3n) is 1.84. The lowest BCUT2D eigenvalue weighted by Gasteiger charge is -2.21. The Balaban J connectivity index is 4.16. The normalized spacial score (nSPS) is 12.5. The number of carbonyl (C=O) groups excluding carboxylic acids is 3. The molecule has 0 fully saturated rings. The number of amides is 1. The molecule has 0 aliphatic rings. The lowest BCUT2D eigenvalue weighted by atomic mass is 10.1. The highest BCUT2D eigenvalue weighted by Crippen LogP contribution is 2.07. The van der Waals surface area contributed by atoms with Crippen LogP contribution >= 0.6 is 0 Å². The first-order valence-electron chi connectivity index (χ1n) is 5.83. The van der Waals surface area contributed by atoms with Crippen molar-refractivity contribution in [2.75, 3.05) is 6.61 Å². The first-order valence-corrected chi connectivity index (χ1v) is 5.83. The zero-order valence-corrected chi connectivity index (χ0v) is 11.5. The average Bonchev–Trinajstić information content (AvgIpc) is 2.14. The van der Waals surface area contributed by atoms with E-state index >= 15 is 0 Å². The summed E-state index contributed by atoms with van der Waals surface area (Å²) in [6.45, 7) is 8.53. The van der Waals surface area contributed by atoms with Gasteiger partial charge in [-0.05, 0) is 34.6 Å². The van der Waals surface area contributed by atoms with Crippen molar-refractivity contribution in [1.82, 2.24) is 5.32 Å². The van der Waals surface area contributed by atoms with E-state index in [2.05, 4.69) is 10.1 Å². The minimum atomic E-state index is -0.788. The molecule has 1 atom stereocenters. The highest BCUT2D eigenvalue weighted by Gasteiger charge is 2.22. The van der Waals surface area contributed by atoms with Crippen molar-refractivity contribution >= 4 is 17.8 Å². The van der Waals surface area contributed by atoms with Gasteiger partial charge in [-0.3, -0.25) is 9.59 Å². The molecule has 0 unspecified atom stereocenters. The Morgan fingerprint density at radius 3 is 2.22 bits per heavy atom. The van der Waals surface area contributed by atoms with Gasteiger partial charge in [0.15, 0.2) is 5.78 Å². The number of nitrogens with one attached hydrogen (secondary N) is 1. The molecular weight excluding hydrogens is 238 g/mol. The maximum absolute atomic E-state index is 11.6. The van der Waals surface area contributed by atoms with Gasteiger partial charge in [-0.2, -0.15) is 0 Å². The van der Waals surface area contributed by atoms with E-state index in [-0.39, 0.29) is 13.0 Å². The van der Waals surface area contributed by atoms with Crippen LogP contribution in [-0.4, -0.2) is 36.1 Å². The number of hydrogen-bond acceptors (Lipinski definition) is 5. The monoisotopic (exact) mass is 259 g/mol. The fourth-order valence-corrected chi connectivity index (χ4v) is 1.07. The van der Waals surface area contributed by atoms with Crippen molar-refractivity contribution < 1.29 is 23.9 Å². The van der Waals surface area contributed by atoms with E-state index in [1.807, 2.05) is 0 Å². The Morgan fingerprint density at radius 2 is 1.78 bits per heavy atom. The SMILES string of the molecule is CCOC(=O)CC(=O)[C@H](C)NC(=O)OC(C)(C)C. The van der Waals surface area contributed by atoms with Crippen LogP contribution in [-0.2, 0) is 19.1 Å². The third kappa shape index (κ3) is 7.65. The van der Waals surface area contributed by atoms with Gasteiger partial charge in [-0.25, -0.2) is 4.79 Å². The van der Waals surface area contributed by atoms with Crippen LogP contribution in [0.3, 0.4) is 0 Å². The molecular formula is C12H21NO5. The van der Waals surface area contributed by atoms with Crippen molar-refractivity contribution in [3.05, 3.63) is 0 Å². The van der Waals surface area contributed by atoms with Crippen molar-refractivity contribution in [2.45, 2.75) is 52.7 Å². The quantitative estimate of drug-likeness (QED) is 0.596. The number of alkyl carbamates (subject to hydrolysis) is 1. The summed E-state index contributed by atoms with van der Waals surface area (Å²) in [4.78, 5) is 34.0. The number of rotatable bonds is 5. The van der Waals surface area contributed by atoms with Crippen LogP contribution in [0.5, 0.6) is 0 Å². The van der Waals surface area contributed by atoms with Gasteiger partial charge >= 0.3 is 12.1 Å². The van der Waals surface area contributed by atoms with Crippen LogP contribution in [0, 0.1) is 0 Å². The second-order valence-corrected chi connectivity index (χ2v) is 4.82. The van der Waals surface area contributed by atoms with Gasteiger partial charge in [0.1, 0.15) is 12.0 Å². The molecule has 1 amide bonds. The van der Waals surface area contributed by atoms with Gasteiger partial charge in [0.2, 0.25) is 0 Å². The van der Waals surface area contributed by atoms with Crippen LogP contribution in [0.2, 0.25) is 0 Å². The summed E-state index contributed by atoms with van der Waals surface area (Å²) in [5.41, 5.74) is -0.631. The Labute approximate surface area is 107 Å². The van der Waals surface area contributed by atoms with Crippen LogP contribution < -0.4 is 5.32 Å². The van der Waals surface area contributed by atoms with Crippen LogP contribution in [0.4, 0.5) is 4.79 Å². The minimum Gasteiger partial charge on any atom is -0.466 e. The predicted molar refractivity (Wildman–Crippen MR) is 65.1 cm³/mol. The molecule has 18 heavy (non-hydrogen) atoms. The van der Waals surface area contributed by atoms with E-state index in [0.29, 0.717) is 0 Å². The predicted octanol–water partition coefficient (Wildman–Crippen LogP) is 1.42. The lowest BCUT2D eigenvalue weighted by molar-refractivity contribution is -0.145. The summed E-state index contributed by atoms with van der Waals surface area (Å²) >= 11 is 0. The first-order chi connectivity index (χ1) is 8.15. The average molecular weight is 259 g/mol. The molecule has 0 bridgehead atoms. The largest absolute Gasteiger partial charge is 0.466 e. The van der Waals surface area contributed by atoms with Crippen molar-refractivity contribution in [2.24, 2.45) is 0 Å². The van der Waals surface area contributed by atoms with Gasteiger partial charge in [0.05, 0.1) is 12.6 Å². The van der Waals surface area contributed by atoms with Crippen LogP contribution in [0.25, 0.3) is 0 Å². The summed E-state index contributed by atoms with van der Waals surface area (Å²) < 4.78 is 9.64. The second kappa shape index (κ2) is 6.98. The summed E-state index contributed by atoms with van der Waals surface area (Å²) in [7, 11) is 0. The fourth-order valence-electron chi connectivity index (χ4n) is 1.07. The van der Waals surface area contributed by atoms with Crippen molar-refractivity contribution in [3.8, 4) is 0 Å². The van der Waals surface area contributed by atoms with Gasteiger partial charge in [0.25, 0.3) is 0 Å². The van der Waals surface area contributed by atoms with E-state index in [9.17, 15) is 14.4 Å². The number of ether oxygens (including phenoxy) is 2. The van der Waals surface area contributed by atoms with Crippen LogP contribution in [0.15, 0.2) is 0 Å². The number of hydrogen-bond donors (Lipinski definition) is 1. The molecule has 0 spiro atoms. The number of Topliss-reactive ketones (excluding diaryl/α,β-unsaturated/α-hetero) is 1. The summed E-state index contributed by atoms with van der Waals surface area (Å²) in [5, 5.41) is 2.37. The molecule has 0 aromatic heterocycles. The zero-order chi connectivity index (χ0) is 14.3. The Morgan fingerprint density at radius 1 is 1.22 bits per heavy atom. The second-order valence-electron chi connectivity index (χ2n) is 4.82. The van der Waals surface area contributed by atoms with Gasteiger partial charge in [0, 0.05) is 0 Å². The lowest BCUT2D eigenvalue weighted by Crippen LogP contribution is -2.42. The van der Waals surface area contributed by atoms with E-state index in [1.165, 1.54) is 6.92 Å². The number of esters is 1. The molecule has 0 aromatic carbocycles. The molecule has 0 saturated heterocycles. The first kappa shape index (κ1) is 16.4. The molecule has 1 N–H and O–H groups in total. The van der Waals surface area contributed by atoms with Crippen molar-refractivity contribution in [1.29, 1.82) is 0 Å². The Bertz CT molecular complexity index is 319. The number of carbonyl (C=O) groups is 3. The molecule has 104 valence electrons. The minimum absolute atomic E-state index is 0.222. The van der Waals surface area contributed by atoms with E-state index in [4.69, 9.17) is 4.74 Å². The smallest absolute Gasteiger partial charge is 0.408 e. The molecule has 0 aromatic rings. The third-order valence-corrected chi connectivity index (χ3v) is 1.84. The van der Waals surface area contributed by atoms with Crippen LogP contribution in [0.1, 0.15) is 41.0 Å². The van der Waals surface area contributed by atoms with E-state index < -0.39 is 29.5 Å². The summed E-state index contributed by atoms with van der Waals surface area (Å²) in [6.07, 6.45) is -1.04. The molecule has 0 radical (unpaired) electrons. The standard InChI is InChI=1S/C12H21NO5/c1-6-17-10(15)7-9(14)8(2)13-11(16)18-12(3,4)5/h8H,6-7H2,1-5H3,(H,13,16)/t8-/m0/s1. The van der Waals surface area contributed by atoms with E-state index in [0.717, 1.165) is 0 Å². The van der Waals surface area contributed by atoms with Crippen molar-refractivity contribution in [3.63, 3.8) is 0 Å². The Hall–Kier alpha value is -1.59. The molecule has 0 saturated carbocycles. The van der Waals surface area contributed by atoms with Gasteiger partial charge < -0.3 is 14.8 Å². The zero-order valence-electron chi connectivity index (χ0n) is 11.5. The van der Waals surface area contributed by atoms with Gasteiger partial charge in [-0.15, -0.1) is 0 Å². The maximum atomic E-state index is 11.6. The molecule has 0 aliphatic heterocycles. The Kier molecular flexibility index (Phi) is 6.36.